The number of carbonyl (C=O) groups is 1. The van der Waals surface area contributed by atoms with Crippen molar-refractivity contribution in [3.8, 4) is 11.8 Å². The Bertz CT molecular complexity index is 1350. The molecule has 9 nitrogen and oxygen atoms in total. The van der Waals surface area contributed by atoms with Crippen LogP contribution in [0.15, 0.2) is 47.4 Å². The van der Waals surface area contributed by atoms with Crippen molar-refractivity contribution < 1.29 is 22.7 Å². The predicted octanol–water partition coefficient (Wildman–Crippen LogP) is 3.61. The maximum atomic E-state index is 13.1. The number of piperidine rings is 1. The quantitative estimate of drug-likeness (QED) is 0.438. The van der Waals surface area contributed by atoms with E-state index in [-0.39, 0.29) is 11.5 Å². The molecule has 1 unspecified atom stereocenters. The summed E-state index contributed by atoms with van der Waals surface area (Å²) >= 11 is 0. The minimum Gasteiger partial charge on any atom is -0.479 e. The van der Waals surface area contributed by atoms with Gasteiger partial charge in [-0.1, -0.05) is 6.42 Å². The predicted molar refractivity (Wildman–Crippen MR) is 129 cm³/mol. The molecule has 3 aromatic rings. The highest BCUT2D eigenvalue weighted by Crippen LogP contribution is 2.25. The second-order valence-corrected chi connectivity index (χ2v) is 10.3. The van der Waals surface area contributed by atoms with Gasteiger partial charge in [-0.05, 0) is 69.2 Å². The summed E-state index contributed by atoms with van der Waals surface area (Å²) in [5, 5.41) is 8.88. The van der Waals surface area contributed by atoms with Gasteiger partial charge >= 0.3 is 5.97 Å². The van der Waals surface area contributed by atoms with Crippen molar-refractivity contribution in [2.45, 2.75) is 57.3 Å². The van der Waals surface area contributed by atoms with Crippen LogP contribution in [0.5, 0.6) is 5.75 Å². The zero-order valence-corrected chi connectivity index (χ0v) is 20.6. The number of aromatic nitrogens is 2. The van der Waals surface area contributed by atoms with Gasteiger partial charge in [0.05, 0.1) is 27.6 Å². The molecule has 1 atom stereocenters. The Balaban J connectivity index is 1.47. The van der Waals surface area contributed by atoms with Gasteiger partial charge in [0.1, 0.15) is 18.2 Å². The number of rotatable bonds is 8. The van der Waals surface area contributed by atoms with Crippen molar-refractivity contribution >= 4 is 27.0 Å². The van der Waals surface area contributed by atoms with Crippen LogP contribution in [0.4, 0.5) is 0 Å². The summed E-state index contributed by atoms with van der Waals surface area (Å²) in [6.45, 7) is 5.11. The van der Waals surface area contributed by atoms with Crippen molar-refractivity contribution in [3.63, 3.8) is 0 Å². The highest BCUT2D eigenvalue weighted by Gasteiger charge is 2.27. The van der Waals surface area contributed by atoms with E-state index in [9.17, 15) is 13.2 Å². The molecule has 0 radical (unpaired) electrons. The number of hydrogen-bond donors (Lipinski definition) is 0. The van der Waals surface area contributed by atoms with Crippen LogP contribution in [0.25, 0.3) is 11.0 Å². The van der Waals surface area contributed by atoms with Crippen LogP contribution < -0.4 is 4.74 Å². The highest BCUT2D eigenvalue weighted by atomic mass is 32.2. The van der Waals surface area contributed by atoms with Crippen LogP contribution in [0.1, 0.15) is 44.5 Å². The zero-order chi connectivity index (χ0) is 25.0. The van der Waals surface area contributed by atoms with E-state index in [4.69, 9.17) is 14.7 Å². The lowest BCUT2D eigenvalue weighted by molar-refractivity contribution is -0.152. The molecule has 184 valence electrons. The Morgan fingerprint density at radius 1 is 1.14 bits per heavy atom. The molecule has 10 heteroatoms. The van der Waals surface area contributed by atoms with Gasteiger partial charge in [-0.15, -0.1) is 0 Å². The zero-order valence-electron chi connectivity index (χ0n) is 19.8. The fourth-order valence-corrected chi connectivity index (χ4v) is 5.69. The number of benzene rings is 2. The Hall–Kier alpha value is -3.42. The van der Waals surface area contributed by atoms with Gasteiger partial charge in [-0.25, -0.2) is 18.2 Å². The number of carbonyl (C=O) groups excluding carboxylic acids is 1. The van der Waals surface area contributed by atoms with E-state index in [1.54, 1.807) is 49.4 Å². The van der Waals surface area contributed by atoms with Crippen LogP contribution in [0, 0.1) is 11.3 Å². The van der Waals surface area contributed by atoms with Crippen molar-refractivity contribution in [1.82, 2.24) is 13.9 Å². The number of esters is 1. The second-order valence-electron chi connectivity index (χ2n) is 8.39. The lowest BCUT2D eigenvalue weighted by Gasteiger charge is -2.25. The summed E-state index contributed by atoms with van der Waals surface area (Å²) in [5.74, 6) is 0.420. The van der Waals surface area contributed by atoms with E-state index in [0.717, 1.165) is 24.8 Å². The van der Waals surface area contributed by atoms with Crippen molar-refractivity contribution in [3.05, 3.63) is 53.9 Å². The smallest absolute Gasteiger partial charge is 0.347 e. The summed E-state index contributed by atoms with van der Waals surface area (Å²) in [4.78, 5) is 17.3. The summed E-state index contributed by atoms with van der Waals surface area (Å²) in [5.41, 5.74) is 1.81. The highest BCUT2D eigenvalue weighted by molar-refractivity contribution is 7.89. The molecule has 4 rings (SSSR count). The maximum Gasteiger partial charge on any atom is 0.347 e. The van der Waals surface area contributed by atoms with Crippen molar-refractivity contribution in [1.29, 1.82) is 5.26 Å². The largest absolute Gasteiger partial charge is 0.479 e. The van der Waals surface area contributed by atoms with E-state index in [2.05, 4.69) is 4.98 Å². The maximum absolute atomic E-state index is 13.1. The molecule has 0 N–H and O–H groups in total. The molecule has 0 spiro atoms. The van der Waals surface area contributed by atoms with Gasteiger partial charge in [0.25, 0.3) is 0 Å². The Kier molecular flexibility index (Phi) is 7.38. The molecule has 1 saturated heterocycles. The molecule has 2 heterocycles. The van der Waals surface area contributed by atoms with Crippen LogP contribution in [-0.4, -0.2) is 47.4 Å². The summed E-state index contributed by atoms with van der Waals surface area (Å²) in [6.07, 6.45) is 1.93. The third-order valence-corrected chi connectivity index (χ3v) is 7.93. The average molecular weight is 497 g/mol. The summed E-state index contributed by atoms with van der Waals surface area (Å²) in [6, 6.07) is 13.4. The molecule has 1 aliphatic heterocycles. The lowest BCUT2D eigenvalue weighted by Crippen LogP contribution is -2.35. The van der Waals surface area contributed by atoms with E-state index >= 15 is 0 Å². The van der Waals surface area contributed by atoms with Gasteiger partial charge in [0, 0.05) is 19.6 Å². The first-order chi connectivity index (χ1) is 16.8. The fourth-order valence-electron chi connectivity index (χ4n) is 4.15. The van der Waals surface area contributed by atoms with E-state index in [1.165, 1.54) is 4.31 Å². The standard InChI is InChI=1S/C25H28N4O5S/c1-3-29-23-12-11-21(35(31,32)28-13-5-4-6-14-28)15-22(23)27-24(29)17-33-25(30)18(2)34-20-9-7-19(16-26)8-10-20/h7-12,15,18H,3-6,13-14,17H2,1-2H3. The molecular weight excluding hydrogens is 468 g/mol. The number of hydrogen-bond acceptors (Lipinski definition) is 7. The monoisotopic (exact) mass is 496 g/mol. The molecule has 2 aromatic carbocycles. The SMILES string of the molecule is CCn1c(COC(=O)C(C)Oc2ccc(C#N)cc2)nc2cc(S(=O)(=O)N3CCCCC3)ccc21. The number of fused-ring (bicyclic) bond motifs is 1. The number of aryl methyl sites for hydroxylation is 1. The molecule has 1 aliphatic rings. The number of nitriles is 1. The molecule has 1 fully saturated rings. The topological polar surface area (TPSA) is 115 Å². The number of nitrogens with zero attached hydrogens (tertiary/aromatic N) is 4. The van der Waals surface area contributed by atoms with Crippen LogP contribution in [0.3, 0.4) is 0 Å². The van der Waals surface area contributed by atoms with Crippen molar-refractivity contribution in [2.24, 2.45) is 0 Å². The van der Waals surface area contributed by atoms with Crippen LogP contribution in [0.2, 0.25) is 0 Å². The first kappa shape index (κ1) is 24.7. The summed E-state index contributed by atoms with van der Waals surface area (Å²) < 4.78 is 40.6. The molecular formula is C25H28N4O5S. The molecule has 0 amide bonds. The minimum absolute atomic E-state index is 0.0728. The second kappa shape index (κ2) is 10.5. The number of ether oxygens (including phenoxy) is 2. The lowest BCUT2D eigenvalue weighted by atomic mass is 10.2. The van der Waals surface area contributed by atoms with Crippen LogP contribution >= 0.6 is 0 Å². The van der Waals surface area contributed by atoms with Crippen LogP contribution in [-0.2, 0) is 32.7 Å². The third-order valence-electron chi connectivity index (χ3n) is 6.04. The minimum atomic E-state index is -3.57. The third kappa shape index (κ3) is 5.31. The van der Waals surface area contributed by atoms with E-state index in [0.29, 0.717) is 42.3 Å². The molecule has 0 saturated carbocycles. The number of sulfonamides is 1. The average Bonchev–Trinajstić information content (AvgIpc) is 3.24. The van der Waals surface area contributed by atoms with Gasteiger partial charge in [-0.2, -0.15) is 9.57 Å². The first-order valence-corrected chi connectivity index (χ1v) is 13.1. The molecule has 1 aromatic heterocycles. The fraction of sp³-hybridized carbons (Fsp3) is 0.400. The Morgan fingerprint density at radius 2 is 1.86 bits per heavy atom. The normalized spacial score (nSPS) is 15.5. The Morgan fingerprint density at radius 3 is 2.51 bits per heavy atom. The number of imidazole rings is 1. The Labute approximate surface area is 204 Å². The van der Waals surface area contributed by atoms with E-state index < -0.39 is 22.1 Å². The molecule has 0 bridgehead atoms. The van der Waals surface area contributed by atoms with E-state index in [1.807, 2.05) is 17.6 Å². The molecule has 35 heavy (non-hydrogen) atoms. The first-order valence-electron chi connectivity index (χ1n) is 11.7. The molecule has 0 aliphatic carbocycles. The van der Waals surface area contributed by atoms with Gasteiger partial charge in [0.2, 0.25) is 10.0 Å². The van der Waals surface area contributed by atoms with Gasteiger partial charge in [-0.3, -0.25) is 0 Å². The van der Waals surface area contributed by atoms with Gasteiger partial charge < -0.3 is 14.0 Å². The van der Waals surface area contributed by atoms with Crippen molar-refractivity contribution in [2.75, 3.05) is 13.1 Å². The summed E-state index contributed by atoms with van der Waals surface area (Å²) in [7, 11) is -3.57. The van der Waals surface area contributed by atoms with Gasteiger partial charge in [0.15, 0.2) is 6.10 Å².